The maximum atomic E-state index is 12.0. The van der Waals surface area contributed by atoms with Crippen LogP contribution in [-0.4, -0.2) is 12.1 Å². The largest absolute Gasteiger partial charge is 0.573 e. The van der Waals surface area contributed by atoms with Crippen molar-refractivity contribution in [2.75, 3.05) is 0 Å². The van der Waals surface area contributed by atoms with Crippen molar-refractivity contribution in [1.82, 2.24) is 0 Å². The predicted molar refractivity (Wildman–Crippen MR) is 60.0 cm³/mol. The van der Waals surface area contributed by atoms with Crippen LogP contribution in [0.5, 0.6) is 5.75 Å². The standard InChI is InChI=1S/C13H9F3O3/c1-8-2-7-11(18-8)12(17)9-3-5-10(6-4-9)19-13(14,15)16/h2-7H,1H3. The first-order valence-electron chi connectivity index (χ1n) is 5.32. The van der Waals surface area contributed by atoms with Gasteiger partial charge in [0, 0.05) is 5.56 Å². The third-order valence-electron chi connectivity index (χ3n) is 2.31. The van der Waals surface area contributed by atoms with E-state index in [-0.39, 0.29) is 17.1 Å². The van der Waals surface area contributed by atoms with E-state index < -0.39 is 12.1 Å². The number of carbonyl (C=O) groups excluding carboxylic acids is 1. The van der Waals surface area contributed by atoms with Gasteiger partial charge in [-0.3, -0.25) is 4.79 Å². The zero-order valence-corrected chi connectivity index (χ0v) is 9.82. The second-order valence-electron chi connectivity index (χ2n) is 3.81. The van der Waals surface area contributed by atoms with E-state index in [1.807, 2.05) is 0 Å². The summed E-state index contributed by atoms with van der Waals surface area (Å²) in [6.07, 6.45) is -4.75. The average molecular weight is 270 g/mol. The van der Waals surface area contributed by atoms with Crippen LogP contribution < -0.4 is 4.74 Å². The Morgan fingerprint density at radius 1 is 1.11 bits per heavy atom. The predicted octanol–water partition coefficient (Wildman–Crippen LogP) is 3.72. The molecule has 0 amide bonds. The average Bonchev–Trinajstić information content (AvgIpc) is 2.74. The highest BCUT2D eigenvalue weighted by atomic mass is 19.4. The van der Waals surface area contributed by atoms with Gasteiger partial charge in [0.15, 0.2) is 5.76 Å². The fourth-order valence-corrected chi connectivity index (χ4v) is 1.51. The number of alkyl halides is 3. The molecule has 0 radical (unpaired) electrons. The Morgan fingerprint density at radius 3 is 2.21 bits per heavy atom. The first-order valence-corrected chi connectivity index (χ1v) is 5.32. The van der Waals surface area contributed by atoms with Crippen molar-refractivity contribution in [2.45, 2.75) is 13.3 Å². The first-order chi connectivity index (χ1) is 8.85. The van der Waals surface area contributed by atoms with Crippen LogP contribution in [0.2, 0.25) is 0 Å². The number of benzene rings is 1. The molecule has 1 aromatic carbocycles. The summed E-state index contributed by atoms with van der Waals surface area (Å²) in [6, 6.07) is 7.81. The number of ether oxygens (including phenoxy) is 1. The zero-order chi connectivity index (χ0) is 14.0. The van der Waals surface area contributed by atoms with Crippen molar-refractivity contribution in [3.05, 3.63) is 53.5 Å². The Labute approximate surface area is 106 Å². The minimum atomic E-state index is -4.75. The van der Waals surface area contributed by atoms with Crippen molar-refractivity contribution >= 4 is 5.78 Å². The second-order valence-corrected chi connectivity index (χ2v) is 3.81. The maximum absolute atomic E-state index is 12.0. The molecule has 6 heteroatoms. The SMILES string of the molecule is Cc1ccc(C(=O)c2ccc(OC(F)(F)F)cc2)o1. The van der Waals surface area contributed by atoms with Gasteiger partial charge >= 0.3 is 6.36 Å². The Morgan fingerprint density at radius 2 is 1.74 bits per heavy atom. The number of ketones is 1. The van der Waals surface area contributed by atoms with E-state index in [0.717, 1.165) is 12.1 Å². The molecular weight excluding hydrogens is 261 g/mol. The summed E-state index contributed by atoms with van der Waals surface area (Å²) in [6.45, 7) is 1.69. The van der Waals surface area contributed by atoms with Crippen LogP contribution in [0.1, 0.15) is 21.9 Å². The lowest BCUT2D eigenvalue weighted by molar-refractivity contribution is -0.274. The summed E-state index contributed by atoms with van der Waals surface area (Å²) in [5, 5.41) is 0. The van der Waals surface area contributed by atoms with Crippen molar-refractivity contribution < 1.29 is 27.1 Å². The molecule has 0 aliphatic carbocycles. The van der Waals surface area contributed by atoms with E-state index in [0.29, 0.717) is 5.76 Å². The fourth-order valence-electron chi connectivity index (χ4n) is 1.51. The summed E-state index contributed by atoms with van der Waals surface area (Å²) >= 11 is 0. The molecule has 0 spiro atoms. The normalized spacial score (nSPS) is 11.4. The van der Waals surface area contributed by atoms with Gasteiger partial charge in [-0.2, -0.15) is 0 Å². The second kappa shape index (κ2) is 4.79. The highest BCUT2D eigenvalue weighted by Gasteiger charge is 2.31. The molecule has 0 saturated carbocycles. The van der Waals surface area contributed by atoms with Crippen LogP contribution in [-0.2, 0) is 0 Å². The maximum Gasteiger partial charge on any atom is 0.573 e. The summed E-state index contributed by atoms with van der Waals surface area (Å²) < 4.78 is 44.8. The first kappa shape index (κ1) is 13.2. The number of hydrogen-bond acceptors (Lipinski definition) is 3. The van der Waals surface area contributed by atoms with Crippen molar-refractivity contribution in [2.24, 2.45) is 0 Å². The van der Waals surface area contributed by atoms with Gasteiger partial charge < -0.3 is 9.15 Å². The summed E-state index contributed by atoms with van der Waals surface area (Å²) in [7, 11) is 0. The summed E-state index contributed by atoms with van der Waals surface area (Å²) in [5.74, 6) is -0.0475. The van der Waals surface area contributed by atoms with Crippen LogP contribution >= 0.6 is 0 Å². The number of carbonyl (C=O) groups is 1. The molecule has 0 atom stereocenters. The topological polar surface area (TPSA) is 39.4 Å². The van der Waals surface area contributed by atoms with Crippen LogP contribution in [0.3, 0.4) is 0 Å². The van der Waals surface area contributed by atoms with Gasteiger partial charge in [-0.25, -0.2) is 0 Å². The lowest BCUT2D eigenvalue weighted by Gasteiger charge is -2.08. The van der Waals surface area contributed by atoms with Crippen molar-refractivity contribution in [3.8, 4) is 5.75 Å². The molecule has 0 N–H and O–H groups in total. The van der Waals surface area contributed by atoms with Crippen LogP contribution in [0.25, 0.3) is 0 Å². The van der Waals surface area contributed by atoms with E-state index in [2.05, 4.69) is 4.74 Å². The van der Waals surface area contributed by atoms with Gasteiger partial charge in [0.1, 0.15) is 11.5 Å². The van der Waals surface area contributed by atoms with Gasteiger partial charge in [-0.15, -0.1) is 13.2 Å². The van der Waals surface area contributed by atoms with E-state index in [1.165, 1.54) is 18.2 Å². The minimum absolute atomic E-state index is 0.141. The number of rotatable bonds is 3. The van der Waals surface area contributed by atoms with Gasteiger partial charge in [0.05, 0.1) is 0 Å². The molecule has 2 aromatic rings. The third-order valence-corrected chi connectivity index (χ3v) is 2.31. The Bertz CT molecular complexity index is 582. The lowest BCUT2D eigenvalue weighted by Crippen LogP contribution is -2.17. The lowest BCUT2D eigenvalue weighted by atomic mass is 10.1. The monoisotopic (exact) mass is 270 g/mol. The molecule has 0 aliphatic heterocycles. The smallest absolute Gasteiger partial charge is 0.458 e. The Hall–Kier alpha value is -2.24. The van der Waals surface area contributed by atoms with E-state index in [4.69, 9.17) is 4.42 Å². The van der Waals surface area contributed by atoms with Crippen LogP contribution in [0.15, 0.2) is 40.8 Å². The molecule has 1 aromatic heterocycles. The molecule has 2 rings (SSSR count). The number of hydrogen-bond donors (Lipinski definition) is 0. The molecule has 1 heterocycles. The van der Waals surface area contributed by atoms with E-state index >= 15 is 0 Å². The summed E-state index contributed by atoms with van der Waals surface area (Å²) in [5.41, 5.74) is 0.226. The molecule has 3 nitrogen and oxygen atoms in total. The Balaban J connectivity index is 2.16. The minimum Gasteiger partial charge on any atom is -0.458 e. The van der Waals surface area contributed by atoms with Crippen LogP contribution in [0, 0.1) is 6.92 Å². The Kier molecular flexibility index (Phi) is 3.33. The highest BCUT2D eigenvalue weighted by molar-refractivity contribution is 6.07. The molecule has 0 bridgehead atoms. The fraction of sp³-hybridized carbons (Fsp3) is 0.154. The molecular formula is C13H9F3O3. The van der Waals surface area contributed by atoms with Gasteiger partial charge in [0.25, 0.3) is 0 Å². The molecule has 100 valence electrons. The highest BCUT2D eigenvalue weighted by Crippen LogP contribution is 2.23. The third kappa shape index (κ3) is 3.37. The quantitative estimate of drug-likeness (QED) is 0.798. The van der Waals surface area contributed by atoms with Gasteiger partial charge in [-0.1, -0.05) is 0 Å². The van der Waals surface area contributed by atoms with Crippen molar-refractivity contribution in [3.63, 3.8) is 0 Å². The van der Waals surface area contributed by atoms with E-state index in [1.54, 1.807) is 13.0 Å². The molecule has 0 aliphatic rings. The molecule has 19 heavy (non-hydrogen) atoms. The van der Waals surface area contributed by atoms with Crippen LogP contribution in [0.4, 0.5) is 13.2 Å². The molecule has 0 saturated heterocycles. The van der Waals surface area contributed by atoms with Crippen molar-refractivity contribution in [1.29, 1.82) is 0 Å². The molecule has 0 fully saturated rings. The van der Waals surface area contributed by atoms with Gasteiger partial charge in [0.2, 0.25) is 5.78 Å². The summed E-state index contributed by atoms with van der Waals surface area (Å²) in [4.78, 5) is 11.9. The van der Waals surface area contributed by atoms with Gasteiger partial charge in [-0.05, 0) is 43.3 Å². The zero-order valence-electron chi connectivity index (χ0n) is 9.82. The molecule has 0 unspecified atom stereocenters. The van der Waals surface area contributed by atoms with E-state index in [9.17, 15) is 18.0 Å². The number of aryl methyl sites for hydroxylation is 1. The number of furan rings is 1. The number of halogens is 3.